The quantitative estimate of drug-likeness (QED) is 0.783. The molecule has 2 aromatic rings. The van der Waals surface area contributed by atoms with Crippen molar-refractivity contribution in [2.24, 2.45) is 0 Å². The van der Waals surface area contributed by atoms with Crippen LogP contribution >= 0.6 is 0 Å². The summed E-state index contributed by atoms with van der Waals surface area (Å²) in [5.74, 6) is -0.610. The van der Waals surface area contributed by atoms with Gasteiger partial charge < -0.3 is 18.7 Å². The molecule has 10 nitrogen and oxygen atoms in total. The van der Waals surface area contributed by atoms with E-state index >= 15 is 0 Å². The van der Waals surface area contributed by atoms with Gasteiger partial charge in [-0.3, -0.25) is 9.59 Å². The molecule has 1 saturated heterocycles. The summed E-state index contributed by atoms with van der Waals surface area (Å²) in [5, 5.41) is 3.39. The Morgan fingerprint density at radius 1 is 1.03 bits per heavy atom. The third-order valence-corrected chi connectivity index (χ3v) is 5.82. The molecule has 1 N–H and O–H groups in total. The number of aryl methyl sites for hydroxylation is 1. The fraction of sp³-hybridized carbons (Fsp3) is 0.500. The van der Waals surface area contributed by atoms with Crippen LogP contribution in [0, 0.1) is 6.92 Å². The van der Waals surface area contributed by atoms with Crippen LogP contribution in [0.25, 0.3) is 0 Å². The fourth-order valence-corrected chi connectivity index (χ4v) is 4.28. The minimum absolute atomic E-state index is 0.0649. The highest BCUT2D eigenvalue weighted by Crippen LogP contribution is 2.19. The molecule has 3 rings (SSSR count). The van der Waals surface area contributed by atoms with E-state index in [0.29, 0.717) is 31.9 Å². The van der Waals surface area contributed by atoms with Gasteiger partial charge in [-0.2, -0.15) is 0 Å². The molecule has 0 saturated carbocycles. The second-order valence-corrected chi connectivity index (χ2v) is 9.50. The van der Waals surface area contributed by atoms with Crippen molar-refractivity contribution in [3.05, 3.63) is 35.4 Å². The summed E-state index contributed by atoms with van der Waals surface area (Å²) in [4.78, 5) is 28.1. The van der Waals surface area contributed by atoms with Crippen LogP contribution in [0.4, 0.5) is 0 Å². The zero-order valence-electron chi connectivity index (χ0n) is 16.8. The van der Waals surface area contributed by atoms with Crippen LogP contribution in [0.2, 0.25) is 0 Å². The molecule has 11 heteroatoms. The molecule has 29 heavy (non-hydrogen) atoms. The van der Waals surface area contributed by atoms with Crippen molar-refractivity contribution in [1.29, 1.82) is 0 Å². The third kappa shape index (κ3) is 4.85. The van der Waals surface area contributed by atoms with Crippen molar-refractivity contribution >= 4 is 21.8 Å². The Bertz CT molecular complexity index is 1010. The molecule has 0 unspecified atom stereocenters. The summed E-state index contributed by atoms with van der Waals surface area (Å²) >= 11 is 0. The Kier molecular flexibility index (Phi) is 5.54. The van der Waals surface area contributed by atoms with Gasteiger partial charge in [0.1, 0.15) is 0 Å². The minimum atomic E-state index is -3.87. The molecular weight excluding hydrogens is 400 g/mol. The predicted octanol–water partition coefficient (Wildman–Crippen LogP) is 1.25. The van der Waals surface area contributed by atoms with E-state index < -0.39 is 21.5 Å². The number of nitrogens with zero attached hydrogens (tertiary/aromatic N) is 3. The smallest absolute Gasteiger partial charge is 0.292 e. The highest BCUT2D eigenvalue weighted by Gasteiger charge is 2.30. The lowest BCUT2D eigenvalue weighted by atomic mass is 10.1. The third-order valence-electron chi connectivity index (χ3n) is 4.19. The van der Waals surface area contributed by atoms with Crippen LogP contribution in [0.15, 0.2) is 32.2 Å². The number of piperazine rings is 1. The molecule has 1 fully saturated rings. The van der Waals surface area contributed by atoms with Gasteiger partial charge in [0.2, 0.25) is 10.9 Å². The largest absolute Gasteiger partial charge is 0.438 e. The molecule has 0 radical (unpaired) electrons. The van der Waals surface area contributed by atoms with Crippen molar-refractivity contribution < 1.29 is 26.9 Å². The van der Waals surface area contributed by atoms with E-state index in [1.165, 1.54) is 17.0 Å². The molecule has 1 aliphatic rings. The van der Waals surface area contributed by atoms with Gasteiger partial charge in [0.25, 0.3) is 21.8 Å². The summed E-state index contributed by atoms with van der Waals surface area (Å²) < 4.78 is 37.4. The molecule has 3 heterocycles. The molecule has 0 spiro atoms. The van der Waals surface area contributed by atoms with Crippen molar-refractivity contribution in [3.8, 4) is 0 Å². The maximum atomic E-state index is 12.7. The Morgan fingerprint density at radius 2 is 1.59 bits per heavy atom. The Balaban J connectivity index is 1.63. The van der Waals surface area contributed by atoms with E-state index in [-0.39, 0.29) is 22.5 Å². The van der Waals surface area contributed by atoms with Gasteiger partial charge in [0, 0.05) is 37.8 Å². The first-order valence-corrected chi connectivity index (χ1v) is 10.6. The van der Waals surface area contributed by atoms with Crippen LogP contribution in [-0.4, -0.2) is 66.9 Å². The van der Waals surface area contributed by atoms with Crippen molar-refractivity contribution in [2.75, 3.05) is 26.2 Å². The first kappa shape index (κ1) is 21.1. The number of carbonyl (C=O) groups is 2. The van der Waals surface area contributed by atoms with Gasteiger partial charge in [0.15, 0.2) is 5.76 Å². The van der Waals surface area contributed by atoms with Gasteiger partial charge in [-0.25, -0.2) is 13.1 Å². The SMILES string of the molecule is Cc1cc(C(=O)N2CCN(C(=O)c3ccc(S(=O)(=O)NC(C)(C)C)o3)CC2)on1. The zero-order chi connectivity index (χ0) is 21.4. The van der Waals surface area contributed by atoms with E-state index in [0.717, 1.165) is 0 Å². The zero-order valence-corrected chi connectivity index (χ0v) is 17.6. The Labute approximate surface area is 168 Å². The summed E-state index contributed by atoms with van der Waals surface area (Å²) in [5.41, 5.74) is -0.0625. The van der Waals surface area contributed by atoms with Crippen LogP contribution < -0.4 is 4.72 Å². The van der Waals surface area contributed by atoms with E-state index in [4.69, 9.17) is 8.94 Å². The molecule has 2 aromatic heterocycles. The number of amides is 2. The first-order chi connectivity index (χ1) is 13.5. The summed E-state index contributed by atoms with van der Waals surface area (Å²) in [7, 11) is -3.87. The average Bonchev–Trinajstić information content (AvgIpc) is 3.28. The summed E-state index contributed by atoms with van der Waals surface area (Å²) in [6, 6.07) is 4.16. The molecule has 158 valence electrons. The van der Waals surface area contributed by atoms with Gasteiger partial charge >= 0.3 is 0 Å². The maximum absolute atomic E-state index is 12.7. The van der Waals surface area contributed by atoms with E-state index in [1.807, 2.05) is 0 Å². The van der Waals surface area contributed by atoms with Crippen LogP contribution in [0.3, 0.4) is 0 Å². The Hall–Kier alpha value is -2.66. The lowest BCUT2D eigenvalue weighted by Gasteiger charge is -2.33. The van der Waals surface area contributed by atoms with Gasteiger partial charge in [-0.1, -0.05) is 5.16 Å². The van der Waals surface area contributed by atoms with E-state index in [1.54, 1.807) is 38.7 Å². The molecule has 0 aliphatic carbocycles. The molecule has 1 aliphatic heterocycles. The molecule has 0 bridgehead atoms. The maximum Gasteiger partial charge on any atom is 0.292 e. The molecular formula is C18H24N4O6S. The topological polar surface area (TPSA) is 126 Å². The fourth-order valence-electron chi connectivity index (χ4n) is 2.92. The van der Waals surface area contributed by atoms with E-state index in [9.17, 15) is 18.0 Å². The summed E-state index contributed by atoms with van der Waals surface area (Å²) in [6.07, 6.45) is 0. The van der Waals surface area contributed by atoms with Crippen LogP contribution in [0.5, 0.6) is 0 Å². The second-order valence-electron chi connectivity index (χ2n) is 7.89. The van der Waals surface area contributed by atoms with Gasteiger partial charge in [-0.05, 0) is 39.8 Å². The van der Waals surface area contributed by atoms with E-state index in [2.05, 4.69) is 9.88 Å². The summed E-state index contributed by atoms with van der Waals surface area (Å²) in [6.45, 7) is 8.08. The average molecular weight is 424 g/mol. The van der Waals surface area contributed by atoms with Crippen LogP contribution in [0.1, 0.15) is 47.6 Å². The number of rotatable bonds is 4. The van der Waals surface area contributed by atoms with Crippen molar-refractivity contribution in [2.45, 2.75) is 38.3 Å². The number of hydrogen-bond acceptors (Lipinski definition) is 7. The van der Waals surface area contributed by atoms with Gasteiger partial charge in [-0.15, -0.1) is 0 Å². The van der Waals surface area contributed by atoms with Crippen molar-refractivity contribution in [1.82, 2.24) is 19.7 Å². The Morgan fingerprint density at radius 3 is 2.07 bits per heavy atom. The molecule has 2 amide bonds. The number of aromatic nitrogens is 1. The number of furan rings is 1. The standard InChI is InChI=1S/C18H24N4O6S/c1-12-11-14(28-19-12)17(24)22-9-7-21(8-10-22)16(23)13-5-6-15(27-13)29(25,26)20-18(2,3)4/h5-6,11,20H,7-10H2,1-4H3. The lowest BCUT2D eigenvalue weighted by Crippen LogP contribution is -2.50. The second kappa shape index (κ2) is 7.64. The number of nitrogens with one attached hydrogen (secondary N) is 1. The first-order valence-electron chi connectivity index (χ1n) is 9.12. The number of sulfonamides is 1. The number of hydrogen-bond donors (Lipinski definition) is 1. The minimum Gasteiger partial charge on any atom is -0.438 e. The highest BCUT2D eigenvalue weighted by atomic mass is 32.2. The predicted molar refractivity (Wildman–Crippen MR) is 102 cm³/mol. The molecule has 0 aromatic carbocycles. The molecule has 0 atom stereocenters. The van der Waals surface area contributed by atoms with Gasteiger partial charge in [0.05, 0.1) is 5.69 Å². The number of carbonyl (C=O) groups excluding carboxylic acids is 2. The normalized spacial score (nSPS) is 15.6. The lowest BCUT2D eigenvalue weighted by molar-refractivity contribution is 0.0494. The highest BCUT2D eigenvalue weighted by molar-refractivity contribution is 7.89. The van der Waals surface area contributed by atoms with Crippen molar-refractivity contribution in [3.63, 3.8) is 0 Å². The monoisotopic (exact) mass is 424 g/mol. The van der Waals surface area contributed by atoms with Crippen LogP contribution in [-0.2, 0) is 10.0 Å².